The molecule has 1 atom stereocenters. The Hall–Kier alpha value is -3.35. The summed E-state index contributed by atoms with van der Waals surface area (Å²) >= 11 is 0. The van der Waals surface area contributed by atoms with Gasteiger partial charge in [-0.15, -0.1) is 0 Å². The van der Waals surface area contributed by atoms with E-state index >= 15 is 0 Å². The third-order valence-electron chi connectivity index (χ3n) is 5.04. The Labute approximate surface area is 176 Å². The zero-order valence-electron chi connectivity index (χ0n) is 17.3. The fourth-order valence-corrected chi connectivity index (χ4v) is 3.13. The molecule has 7 nitrogen and oxygen atoms in total. The molecule has 1 aliphatic rings. The fourth-order valence-electron chi connectivity index (χ4n) is 3.13. The van der Waals surface area contributed by atoms with E-state index < -0.39 is 0 Å². The number of anilines is 1. The number of fused-ring (bicyclic) bond motifs is 1. The van der Waals surface area contributed by atoms with Gasteiger partial charge in [0.2, 0.25) is 5.91 Å². The second-order valence-electron chi connectivity index (χ2n) is 7.31. The van der Waals surface area contributed by atoms with E-state index in [1.807, 2.05) is 32.0 Å². The largest absolute Gasteiger partial charge is 0.482 e. The van der Waals surface area contributed by atoms with Crippen LogP contribution in [0.1, 0.15) is 42.6 Å². The Morgan fingerprint density at radius 2 is 1.97 bits per heavy atom. The number of ether oxygens (including phenoxy) is 1. The van der Waals surface area contributed by atoms with E-state index in [9.17, 15) is 14.4 Å². The second kappa shape index (κ2) is 9.91. The summed E-state index contributed by atoms with van der Waals surface area (Å²) in [5, 5.41) is 5.79. The molecule has 7 heteroatoms. The molecule has 3 amide bonds. The maximum Gasteiger partial charge on any atom is 0.265 e. The third kappa shape index (κ3) is 5.37. The van der Waals surface area contributed by atoms with Gasteiger partial charge in [0.1, 0.15) is 5.75 Å². The molecule has 0 saturated heterocycles. The molecule has 0 spiro atoms. The van der Waals surface area contributed by atoms with Crippen LogP contribution in [0.5, 0.6) is 5.75 Å². The quantitative estimate of drug-likeness (QED) is 0.702. The van der Waals surface area contributed by atoms with Crippen LogP contribution in [0.2, 0.25) is 0 Å². The van der Waals surface area contributed by atoms with Gasteiger partial charge in [0.15, 0.2) is 6.61 Å². The minimum atomic E-state index is -0.166. The molecular weight excluding hydrogens is 382 g/mol. The number of carbonyl (C=O) groups excluding carboxylic acids is 3. The van der Waals surface area contributed by atoms with Gasteiger partial charge >= 0.3 is 0 Å². The van der Waals surface area contributed by atoms with E-state index in [2.05, 4.69) is 10.6 Å². The van der Waals surface area contributed by atoms with Crippen LogP contribution in [0.4, 0.5) is 5.69 Å². The standard InChI is InChI=1S/C23H27N3O4/c1-3-16(2)25-23(29)18-8-6-7-17(13-18)14-24-21(27)11-12-26-19-9-4-5-10-20(19)30-15-22(26)28/h4-10,13,16H,3,11-12,14-15H2,1-2H3,(H,24,27)(H,25,29)/t16-/m0/s1. The molecule has 30 heavy (non-hydrogen) atoms. The number of amides is 3. The van der Waals surface area contributed by atoms with Crippen LogP contribution in [0.3, 0.4) is 0 Å². The van der Waals surface area contributed by atoms with Crippen LogP contribution >= 0.6 is 0 Å². The summed E-state index contributed by atoms with van der Waals surface area (Å²) in [5.41, 5.74) is 2.09. The molecule has 0 radical (unpaired) electrons. The molecule has 0 unspecified atom stereocenters. The highest BCUT2D eigenvalue weighted by molar-refractivity contribution is 5.98. The molecule has 0 fully saturated rings. The van der Waals surface area contributed by atoms with Gasteiger partial charge in [-0.3, -0.25) is 14.4 Å². The average molecular weight is 409 g/mol. The number of hydrogen-bond donors (Lipinski definition) is 2. The first-order valence-electron chi connectivity index (χ1n) is 10.2. The van der Waals surface area contributed by atoms with Crippen molar-refractivity contribution in [3.8, 4) is 5.75 Å². The van der Waals surface area contributed by atoms with Crippen molar-refractivity contribution in [1.82, 2.24) is 10.6 Å². The van der Waals surface area contributed by atoms with Crippen LogP contribution < -0.4 is 20.3 Å². The predicted molar refractivity (Wildman–Crippen MR) is 114 cm³/mol. The maximum absolute atomic E-state index is 12.3. The Balaban J connectivity index is 1.52. The Bertz CT molecular complexity index is 928. The van der Waals surface area contributed by atoms with E-state index in [1.54, 1.807) is 35.2 Å². The van der Waals surface area contributed by atoms with Gasteiger partial charge in [0.25, 0.3) is 11.8 Å². The zero-order valence-corrected chi connectivity index (χ0v) is 17.3. The van der Waals surface area contributed by atoms with Gasteiger partial charge in [-0.25, -0.2) is 0 Å². The first kappa shape index (κ1) is 21.4. The van der Waals surface area contributed by atoms with E-state index in [4.69, 9.17) is 4.74 Å². The lowest BCUT2D eigenvalue weighted by atomic mass is 10.1. The number of para-hydroxylation sites is 2. The van der Waals surface area contributed by atoms with Crippen molar-refractivity contribution in [1.29, 1.82) is 0 Å². The molecule has 1 aliphatic heterocycles. The number of rotatable bonds is 8. The number of nitrogens with one attached hydrogen (secondary N) is 2. The van der Waals surface area contributed by atoms with Crippen LogP contribution in [-0.4, -0.2) is 36.9 Å². The minimum absolute atomic E-state index is 0.0237. The van der Waals surface area contributed by atoms with Crippen molar-refractivity contribution in [3.05, 3.63) is 59.7 Å². The molecule has 0 aliphatic carbocycles. The lowest BCUT2D eigenvalue weighted by Gasteiger charge is -2.29. The molecule has 1 heterocycles. The van der Waals surface area contributed by atoms with E-state index in [-0.39, 0.29) is 43.3 Å². The molecule has 0 saturated carbocycles. The summed E-state index contributed by atoms with van der Waals surface area (Å²) in [6.45, 7) is 4.54. The third-order valence-corrected chi connectivity index (χ3v) is 5.04. The first-order chi connectivity index (χ1) is 14.5. The molecular formula is C23H27N3O4. The van der Waals surface area contributed by atoms with Crippen LogP contribution in [0, 0.1) is 0 Å². The maximum atomic E-state index is 12.3. The Morgan fingerprint density at radius 3 is 2.77 bits per heavy atom. The predicted octanol–water partition coefficient (Wildman–Crippen LogP) is 2.65. The smallest absolute Gasteiger partial charge is 0.265 e. The minimum Gasteiger partial charge on any atom is -0.482 e. The zero-order chi connectivity index (χ0) is 21.5. The van der Waals surface area contributed by atoms with E-state index in [1.165, 1.54) is 0 Å². The summed E-state index contributed by atoms with van der Waals surface area (Å²) in [6.07, 6.45) is 1.03. The molecule has 0 aromatic heterocycles. The van der Waals surface area contributed by atoms with Crippen LogP contribution in [-0.2, 0) is 16.1 Å². The lowest BCUT2D eigenvalue weighted by Crippen LogP contribution is -2.41. The summed E-state index contributed by atoms with van der Waals surface area (Å²) in [7, 11) is 0. The van der Waals surface area contributed by atoms with Crippen molar-refractivity contribution >= 4 is 23.4 Å². The summed E-state index contributed by atoms with van der Waals surface area (Å²) in [5.74, 6) is 0.190. The molecule has 2 aromatic rings. The number of benzene rings is 2. The summed E-state index contributed by atoms with van der Waals surface area (Å²) in [6, 6.07) is 14.6. The monoisotopic (exact) mass is 409 g/mol. The molecule has 2 N–H and O–H groups in total. The van der Waals surface area contributed by atoms with E-state index in [0.29, 0.717) is 23.5 Å². The van der Waals surface area contributed by atoms with Gasteiger partial charge in [-0.05, 0) is 43.2 Å². The molecule has 2 aromatic carbocycles. The van der Waals surface area contributed by atoms with Gasteiger partial charge in [0, 0.05) is 31.1 Å². The number of carbonyl (C=O) groups is 3. The highest BCUT2D eigenvalue weighted by Crippen LogP contribution is 2.31. The fraction of sp³-hybridized carbons (Fsp3) is 0.348. The highest BCUT2D eigenvalue weighted by Gasteiger charge is 2.25. The van der Waals surface area contributed by atoms with Gasteiger partial charge < -0.3 is 20.3 Å². The van der Waals surface area contributed by atoms with Crippen LogP contribution in [0.15, 0.2) is 48.5 Å². The SMILES string of the molecule is CC[C@H](C)NC(=O)c1cccc(CNC(=O)CCN2C(=O)COc3ccccc32)c1. The van der Waals surface area contributed by atoms with Gasteiger partial charge in [-0.1, -0.05) is 31.2 Å². The normalized spacial score (nSPS) is 13.8. The van der Waals surface area contributed by atoms with Crippen molar-refractivity contribution in [2.45, 2.75) is 39.3 Å². The van der Waals surface area contributed by atoms with Gasteiger partial charge in [0.05, 0.1) is 5.69 Å². The Kier molecular flexibility index (Phi) is 7.06. The van der Waals surface area contributed by atoms with Crippen LogP contribution in [0.25, 0.3) is 0 Å². The molecule has 158 valence electrons. The van der Waals surface area contributed by atoms with Gasteiger partial charge in [-0.2, -0.15) is 0 Å². The number of hydrogen-bond acceptors (Lipinski definition) is 4. The average Bonchev–Trinajstić information content (AvgIpc) is 2.77. The molecule has 3 rings (SSSR count). The van der Waals surface area contributed by atoms with Crippen molar-refractivity contribution in [2.24, 2.45) is 0 Å². The first-order valence-corrected chi connectivity index (χ1v) is 10.2. The summed E-state index contributed by atoms with van der Waals surface area (Å²) in [4.78, 5) is 38.3. The Morgan fingerprint density at radius 1 is 1.17 bits per heavy atom. The number of nitrogens with zero attached hydrogens (tertiary/aromatic N) is 1. The van der Waals surface area contributed by atoms with Crippen molar-refractivity contribution in [2.75, 3.05) is 18.1 Å². The summed E-state index contributed by atoms with van der Waals surface area (Å²) < 4.78 is 5.42. The lowest BCUT2D eigenvalue weighted by molar-refractivity contribution is -0.122. The van der Waals surface area contributed by atoms with Crippen molar-refractivity contribution < 1.29 is 19.1 Å². The van der Waals surface area contributed by atoms with Crippen molar-refractivity contribution in [3.63, 3.8) is 0 Å². The topological polar surface area (TPSA) is 87.7 Å². The second-order valence-corrected chi connectivity index (χ2v) is 7.31. The molecule has 0 bridgehead atoms. The highest BCUT2D eigenvalue weighted by atomic mass is 16.5. The van der Waals surface area contributed by atoms with E-state index in [0.717, 1.165) is 12.0 Å².